The molecule has 2 aliphatic heterocycles. The highest BCUT2D eigenvalue weighted by molar-refractivity contribution is 5.58. The van der Waals surface area contributed by atoms with E-state index >= 15 is 0 Å². The first-order chi connectivity index (χ1) is 11.5. The van der Waals surface area contributed by atoms with Crippen LogP contribution in [-0.2, 0) is 13.1 Å². The number of phenols is 1. The lowest BCUT2D eigenvalue weighted by atomic mass is 9.98. The van der Waals surface area contributed by atoms with E-state index in [0.29, 0.717) is 5.69 Å². The number of nitrogen functional groups attached to an aromatic ring is 1. The van der Waals surface area contributed by atoms with E-state index in [1.165, 1.54) is 44.3 Å². The predicted molar refractivity (Wildman–Crippen MR) is 99.9 cm³/mol. The van der Waals surface area contributed by atoms with Gasteiger partial charge in [-0.15, -0.1) is 0 Å². The second-order valence-electron chi connectivity index (χ2n) is 8.16. The summed E-state index contributed by atoms with van der Waals surface area (Å²) in [6.07, 6.45) is 5.19. The Bertz CT molecular complexity index is 560. The Kier molecular flexibility index (Phi) is 5.67. The summed E-state index contributed by atoms with van der Waals surface area (Å²) in [4.78, 5) is 4.97. The molecule has 2 saturated heterocycles. The summed E-state index contributed by atoms with van der Waals surface area (Å²) in [7, 11) is 0. The molecule has 2 heterocycles. The molecule has 0 saturated carbocycles. The van der Waals surface area contributed by atoms with E-state index in [1.54, 1.807) is 0 Å². The fourth-order valence-electron chi connectivity index (χ4n) is 4.36. The van der Waals surface area contributed by atoms with Gasteiger partial charge in [0.25, 0.3) is 0 Å². The smallest absolute Gasteiger partial charge is 0.142 e. The number of nitrogens with two attached hydrogens (primary N) is 1. The molecule has 0 aromatic heterocycles. The van der Waals surface area contributed by atoms with Gasteiger partial charge in [0.1, 0.15) is 5.75 Å². The van der Waals surface area contributed by atoms with Crippen molar-refractivity contribution >= 4 is 5.69 Å². The van der Waals surface area contributed by atoms with Crippen molar-refractivity contribution in [3.8, 4) is 5.75 Å². The van der Waals surface area contributed by atoms with Crippen molar-refractivity contribution in [1.29, 1.82) is 0 Å². The van der Waals surface area contributed by atoms with Gasteiger partial charge in [0.05, 0.1) is 5.69 Å². The zero-order chi connectivity index (χ0) is 17.1. The monoisotopic (exact) mass is 331 g/mol. The lowest BCUT2D eigenvalue weighted by Crippen LogP contribution is -2.34. The minimum absolute atomic E-state index is 0.281. The van der Waals surface area contributed by atoms with Crippen LogP contribution in [0.25, 0.3) is 0 Å². The minimum Gasteiger partial charge on any atom is -0.505 e. The first-order valence-corrected chi connectivity index (χ1v) is 9.56. The van der Waals surface area contributed by atoms with Gasteiger partial charge in [-0.3, -0.25) is 9.80 Å². The number of hydrogen-bond donors (Lipinski definition) is 2. The molecule has 4 heteroatoms. The van der Waals surface area contributed by atoms with Gasteiger partial charge in [-0.2, -0.15) is 0 Å². The second-order valence-corrected chi connectivity index (χ2v) is 8.16. The molecule has 2 fully saturated rings. The van der Waals surface area contributed by atoms with E-state index < -0.39 is 0 Å². The summed E-state index contributed by atoms with van der Waals surface area (Å²) >= 11 is 0. The number of piperidine rings is 2. The average molecular weight is 332 g/mol. The van der Waals surface area contributed by atoms with E-state index in [9.17, 15) is 5.11 Å². The van der Waals surface area contributed by atoms with Crippen LogP contribution < -0.4 is 5.73 Å². The standard InChI is InChI=1S/C20H33N3O/c1-15-5-3-7-22(11-15)13-17-9-18(20(24)19(21)10-17)14-23-8-4-6-16(2)12-23/h9-10,15-16,24H,3-8,11-14,21H2,1-2H3. The minimum atomic E-state index is 0.281. The molecule has 0 aliphatic carbocycles. The largest absolute Gasteiger partial charge is 0.505 e. The maximum absolute atomic E-state index is 10.4. The summed E-state index contributed by atoms with van der Waals surface area (Å²) < 4.78 is 0. The third-order valence-corrected chi connectivity index (χ3v) is 5.56. The highest BCUT2D eigenvalue weighted by Crippen LogP contribution is 2.30. The quantitative estimate of drug-likeness (QED) is 0.655. The zero-order valence-corrected chi connectivity index (χ0v) is 15.3. The van der Waals surface area contributed by atoms with Crippen molar-refractivity contribution in [2.75, 3.05) is 31.9 Å². The Morgan fingerprint density at radius 2 is 1.58 bits per heavy atom. The molecule has 0 spiro atoms. The second kappa shape index (κ2) is 7.75. The summed E-state index contributed by atoms with van der Waals surface area (Å²) in [5, 5.41) is 10.4. The Labute approximate surface area is 146 Å². The van der Waals surface area contributed by atoms with Crippen LogP contribution in [0.15, 0.2) is 12.1 Å². The van der Waals surface area contributed by atoms with Crippen molar-refractivity contribution in [2.24, 2.45) is 11.8 Å². The lowest BCUT2D eigenvalue weighted by molar-refractivity contribution is 0.173. The summed E-state index contributed by atoms with van der Waals surface area (Å²) in [6, 6.07) is 4.13. The molecule has 24 heavy (non-hydrogen) atoms. The molecule has 3 N–H and O–H groups in total. The fourth-order valence-corrected chi connectivity index (χ4v) is 4.36. The van der Waals surface area contributed by atoms with Gasteiger partial charge in [-0.05, 0) is 68.3 Å². The van der Waals surface area contributed by atoms with Crippen molar-refractivity contribution in [3.05, 3.63) is 23.3 Å². The Hall–Kier alpha value is -1.26. The third-order valence-electron chi connectivity index (χ3n) is 5.56. The SMILES string of the molecule is CC1CCCN(Cc2cc(N)c(O)c(CN3CCCC(C)C3)c2)C1. The number of nitrogens with zero attached hydrogens (tertiary/aromatic N) is 2. The van der Waals surface area contributed by atoms with E-state index in [2.05, 4.69) is 29.7 Å². The Balaban J connectivity index is 1.70. The van der Waals surface area contributed by atoms with E-state index in [0.717, 1.165) is 43.6 Å². The number of phenolic OH excluding ortho intramolecular Hbond substituents is 1. The van der Waals surface area contributed by atoms with Gasteiger partial charge in [0.15, 0.2) is 0 Å². The number of hydrogen-bond acceptors (Lipinski definition) is 4. The van der Waals surface area contributed by atoms with Gasteiger partial charge >= 0.3 is 0 Å². The third kappa shape index (κ3) is 4.42. The molecule has 3 rings (SSSR count). The number of benzene rings is 1. The number of rotatable bonds is 4. The molecule has 0 amide bonds. The fraction of sp³-hybridized carbons (Fsp3) is 0.700. The van der Waals surface area contributed by atoms with Crippen molar-refractivity contribution < 1.29 is 5.11 Å². The molecule has 1 aromatic rings. The summed E-state index contributed by atoms with van der Waals surface area (Å²) in [6.45, 7) is 11.0. The molecule has 4 nitrogen and oxygen atoms in total. The van der Waals surface area contributed by atoms with Crippen LogP contribution in [0.1, 0.15) is 50.7 Å². The zero-order valence-electron chi connectivity index (χ0n) is 15.3. The number of anilines is 1. The van der Waals surface area contributed by atoms with E-state index in [1.807, 2.05) is 6.07 Å². The molecular weight excluding hydrogens is 298 g/mol. The maximum Gasteiger partial charge on any atom is 0.142 e. The van der Waals surface area contributed by atoms with Crippen LogP contribution in [0, 0.1) is 11.8 Å². The van der Waals surface area contributed by atoms with Gasteiger partial charge < -0.3 is 10.8 Å². The molecule has 1 aromatic carbocycles. The molecule has 0 radical (unpaired) electrons. The Morgan fingerprint density at radius 1 is 1.00 bits per heavy atom. The van der Waals surface area contributed by atoms with Gasteiger partial charge in [0, 0.05) is 31.7 Å². The normalized spacial score (nSPS) is 26.6. The molecule has 2 aliphatic rings. The van der Waals surface area contributed by atoms with Crippen LogP contribution in [-0.4, -0.2) is 41.1 Å². The van der Waals surface area contributed by atoms with Crippen molar-refractivity contribution in [1.82, 2.24) is 9.80 Å². The van der Waals surface area contributed by atoms with Crippen LogP contribution in [0.5, 0.6) is 5.75 Å². The van der Waals surface area contributed by atoms with Crippen molar-refractivity contribution in [3.63, 3.8) is 0 Å². The maximum atomic E-state index is 10.4. The predicted octanol–water partition coefficient (Wildman–Crippen LogP) is 3.44. The molecule has 0 bridgehead atoms. The van der Waals surface area contributed by atoms with Crippen LogP contribution in [0.4, 0.5) is 5.69 Å². The summed E-state index contributed by atoms with van der Waals surface area (Å²) in [5.41, 5.74) is 8.85. The van der Waals surface area contributed by atoms with Crippen LogP contribution in [0.2, 0.25) is 0 Å². The highest BCUT2D eigenvalue weighted by Gasteiger charge is 2.20. The summed E-state index contributed by atoms with van der Waals surface area (Å²) in [5.74, 6) is 1.81. The first-order valence-electron chi connectivity index (χ1n) is 9.56. The van der Waals surface area contributed by atoms with E-state index in [-0.39, 0.29) is 5.75 Å². The van der Waals surface area contributed by atoms with Gasteiger partial charge in [0.2, 0.25) is 0 Å². The van der Waals surface area contributed by atoms with Crippen LogP contribution >= 0.6 is 0 Å². The number of likely N-dealkylation sites (tertiary alicyclic amines) is 2. The molecule has 2 atom stereocenters. The molecule has 134 valence electrons. The topological polar surface area (TPSA) is 52.7 Å². The highest BCUT2D eigenvalue weighted by atomic mass is 16.3. The Morgan fingerprint density at radius 3 is 2.17 bits per heavy atom. The lowest BCUT2D eigenvalue weighted by Gasteiger charge is -2.32. The van der Waals surface area contributed by atoms with Crippen LogP contribution in [0.3, 0.4) is 0 Å². The van der Waals surface area contributed by atoms with Gasteiger partial charge in [-0.25, -0.2) is 0 Å². The average Bonchev–Trinajstić information content (AvgIpc) is 2.52. The number of aromatic hydroxyl groups is 1. The van der Waals surface area contributed by atoms with E-state index in [4.69, 9.17) is 5.73 Å². The molecular formula is C20H33N3O. The molecule has 2 unspecified atom stereocenters. The first kappa shape index (κ1) is 17.6. The van der Waals surface area contributed by atoms with Gasteiger partial charge in [-0.1, -0.05) is 13.8 Å². The van der Waals surface area contributed by atoms with Crippen molar-refractivity contribution in [2.45, 2.75) is 52.6 Å².